The lowest BCUT2D eigenvalue weighted by Gasteiger charge is -2.35. The van der Waals surface area contributed by atoms with Crippen molar-refractivity contribution in [3.63, 3.8) is 0 Å². The van der Waals surface area contributed by atoms with Crippen molar-refractivity contribution in [2.24, 2.45) is 0 Å². The summed E-state index contributed by atoms with van der Waals surface area (Å²) in [5, 5.41) is 1.89. The summed E-state index contributed by atoms with van der Waals surface area (Å²) in [6.07, 6.45) is 1.46. The fourth-order valence-corrected chi connectivity index (χ4v) is 3.93. The Morgan fingerprint density at radius 1 is 1.23 bits per heavy atom. The smallest absolute Gasteiger partial charge is 0.290 e. The minimum absolute atomic E-state index is 0.165. The summed E-state index contributed by atoms with van der Waals surface area (Å²) in [6, 6.07) is 2.60. The highest BCUT2D eigenvalue weighted by atomic mass is 35.5. The second-order valence-corrected chi connectivity index (χ2v) is 7.85. The summed E-state index contributed by atoms with van der Waals surface area (Å²) in [7, 11) is 2.01. The first kappa shape index (κ1) is 19.1. The summed E-state index contributed by atoms with van der Waals surface area (Å²) in [5.41, 5.74) is 0.779. The van der Waals surface area contributed by atoms with Gasteiger partial charge in [0.25, 0.3) is 17.1 Å². The van der Waals surface area contributed by atoms with Crippen molar-refractivity contribution in [3.8, 4) is 0 Å². The molecule has 26 heavy (non-hydrogen) atoms. The van der Waals surface area contributed by atoms with Crippen LogP contribution in [0.5, 0.6) is 0 Å². The molecule has 0 unspecified atom stereocenters. The highest BCUT2D eigenvalue weighted by Gasteiger charge is 2.30. The van der Waals surface area contributed by atoms with Gasteiger partial charge in [0.05, 0.1) is 15.6 Å². The van der Waals surface area contributed by atoms with Gasteiger partial charge >= 0.3 is 0 Å². The number of thioether (sulfide) groups is 1. The third kappa shape index (κ3) is 4.02. The molecule has 0 saturated carbocycles. The van der Waals surface area contributed by atoms with Crippen LogP contribution < -0.4 is 10.2 Å². The van der Waals surface area contributed by atoms with Gasteiger partial charge in [0.2, 0.25) is 0 Å². The molecule has 9 heteroatoms. The Morgan fingerprint density at radius 3 is 2.42 bits per heavy atom. The Balaban J connectivity index is 2.09. The number of carbonyl (C=O) groups is 2. The van der Waals surface area contributed by atoms with Crippen molar-refractivity contribution in [2.75, 3.05) is 38.1 Å². The Kier molecular flexibility index (Phi) is 5.28. The number of likely N-dealkylation sites (N-methyl/N-ethyl adjacent to an activating group) is 1. The number of alkyl halides is 2. The number of nitrogens with zero attached hydrogens (tertiary/aromatic N) is 2. The van der Waals surface area contributed by atoms with Crippen LogP contribution in [0, 0.1) is 0 Å². The van der Waals surface area contributed by atoms with Crippen LogP contribution in [0.4, 0.5) is 19.3 Å². The molecule has 2 saturated heterocycles. The molecular weight excluding hydrogens is 384 g/mol. The van der Waals surface area contributed by atoms with E-state index in [4.69, 9.17) is 11.6 Å². The van der Waals surface area contributed by atoms with E-state index in [1.54, 1.807) is 0 Å². The van der Waals surface area contributed by atoms with Crippen LogP contribution in [0.3, 0.4) is 0 Å². The summed E-state index contributed by atoms with van der Waals surface area (Å²) in [4.78, 5) is 27.6. The van der Waals surface area contributed by atoms with Gasteiger partial charge in [0.1, 0.15) is 0 Å². The summed E-state index contributed by atoms with van der Waals surface area (Å²) < 4.78 is 27.7. The predicted octanol–water partition coefficient (Wildman–Crippen LogP) is 3.53. The van der Waals surface area contributed by atoms with Crippen LogP contribution in [-0.4, -0.2) is 49.3 Å². The van der Waals surface area contributed by atoms with Gasteiger partial charge in [-0.25, -0.2) is 8.78 Å². The van der Waals surface area contributed by atoms with Crippen LogP contribution in [0.1, 0.15) is 18.1 Å². The first-order valence-corrected chi connectivity index (χ1v) is 9.25. The Labute approximate surface area is 159 Å². The predicted molar refractivity (Wildman–Crippen MR) is 99.8 cm³/mol. The molecule has 0 spiro atoms. The monoisotopic (exact) mass is 401 g/mol. The molecule has 1 aromatic rings. The molecule has 3 rings (SSSR count). The van der Waals surface area contributed by atoms with E-state index in [1.165, 1.54) is 18.2 Å². The van der Waals surface area contributed by atoms with E-state index in [0.29, 0.717) is 24.3 Å². The molecule has 1 aromatic carbocycles. The van der Waals surface area contributed by atoms with Crippen LogP contribution >= 0.6 is 23.4 Å². The molecule has 5 nitrogen and oxygen atoms in total. The standard InChI is InChI=1S/C17H18ClF2N3O2S/c1-17(19,20)11-7-10(8-13-15(24)21-16(25)26-13)14(12(18)9-11)23-5-3-22(2)4-6-23/h7-9H,3-6H2,1-2H3,(H,21,24,25). The maximum Gasteiger partial charge on any atom is 0.290 e. The van der Waals surface area contributed by atoms with Crippen LogP contribution in [-0.2, 0) is 10.7 Å². The third-order valence-corrected chi connectivity index (χ3v) is 5.45. The number of halogens is 3. The molecule has 0 atom stereocenters. The fraction of sp³-hybridized carbons (Fsp3) is 0.412. The van der Waals surface area contributed by atoms with Crippen molar-refractivity contribution in [1.82, 2.24) is 10.2 Å². The van der Waals surface area contributed by atoms with Crippen molar-refractivity contribution in [2.45, 2.75) is 12.8 Å². The Morgan fingerprint density at radius 2 is 1.88 bits per heavy atom. The molecule has 2 aliphatic heterocycles. The normalized spacial score (nSPS) is 20.8. The maximum atomic E-state index is 13.9. The maximum absolute atomic E-state index is 13.9. The molecule has 2 amide bonds. The molecule has 0 radical (unpaired) electrons. The fourth-order valence-electron chi connectivity index (χ4n) is 2.91. The number of carbonyl (C=O) groups excluding carboxylic acids is 2. The SMILES string of the molecule is CN1CCN(c2c(Cl)cc(C(C)(F)F)cc2C=C2SC(=O)NC2=O)CC1. The zero-order chi connectivity index (χ0) is 19.1. The lowest BCUT2D eigenvalue weighted by atomic mass is 10.0. The van der Waals surface area contributed by atoms with Gasteiger partial charge in [0.15, 0.2) is 0 Å². The zero-order valence-electron chi connectivity index (χ0n) is 14.3. The molecule has 1 N–H and O–H groups in total. The number of amides is 2. The number of hydrogen-bond donors (Lipinski definition) is 1. The van der Waals surface area contributed by atoms with E-state index in [9.17, 15) is 18.4 Å². The Bertz CT molecular complexity index is 787. The number of benzene rings is 1. The summed E-state index contributed by atoms with van der Waals surface area (Å²) in [6.45, 7) is 3.79. The van der Waals surface area contributed by atoms with E-state index in [-0.39, 0.29) is 15.5 Å². The molecular formula is C17H18ClF2N3O2S. The van der Waals surface area contributed by atoms with E-state index in [0.717, 1.165) is 31.8 Å². The lowest BCUT2D eigenvalue weighted by molar-refractivity contribution is -0.115. The number of hydrogen-bond acceptors (Lipinski definition) is 5. The van der Waals surface area contributed by atoms with Crippen LogP contribution in [0.25, 0.3) is 6.08 Å². The van der Waals surface area contributed by atoms with Gasteiger partial charge in [-0.15, -0.1) is 0 Å². The van der Waals surface area contributed by atoms with Gasteiger partial charge in [-0.1, -0.05) is 11.6 Å². The second kappa shape index (κ2) is 7.17. The van der Waals surface area contributed by atoms with Gasteiger partial charge < -0.3 is 9.80 Å². The van der Waals surface area contributed by atoms with E-state index in [2.05, 4.69) is 10.2 Å². The zero-order valence-corrected chi connectivity index (χ0v) is 15.9. The van der Waals surface area contributed by atoms with Crippen LogP contribution in [0.15, 0.2) is 17.0 Å². The van der Waals surface area contributed by atoms with Crippen molar-refractivity contribution < 1.29 is 18.4 Å². The van der Waals surface area contributed by atoms with E-state index < -0.39 is 17.1 Å². The Hall–Kier alpha value is -1.64. The van der Waals surface area contributed by atoms with Gasteiger partial charge in [-0.2, -0.15) is 0 Å². The quantitative estimate of drug-likeness (QED) is 0.785. The summed E-state index contributed by atoms with van der Waals surface area (Å²) >= 11 is 7.12. The largest absolute Gasteiger partial charge is 0.367 e. The number of piperazine rings is 1. The highest BCUT2D eigenvalue weighted by Crippen LogP contribution is 2.39. The lowest BCUT2D eigenvalue weighted by Crippen LogP contribution is -2.44. The number of rotatable bonds is 3. The van der Waals surface area contributed by atoms with Crippen molar-refractivity contribution in [3.05, 3.63) is 33.2 Å². The topological polar surface area (TPSA) is 52.6 Å². The van der Waals surface area contributed by atoms with Crippen molar-refractivity contribution in [1.29, 1.82) is 0 Å². The van der Waals surface area contributed by atoms with Crippen LogP contribution in [0.2, 0.25) is 5.02 Å². The number of anilines is 1. The average Bonchev–Trinajstić information content (AvgIpc) is 2.85. The van der Waals surface area contributed by atoms with Gasteiger partial charge in [-0.05, 0) is 37.0 Å². The molecule has 0 bridgehead atoms. The molecule has 2 aliphatic rings. The van der Waals surface area contributed by atoms with Crippen molar-refractivity contribution >= 4 is 46.3 Å². The molecule has 2 heterocycles. The van der Waals surface area contributed by atoms with E-state index >= 15 is 0 Å². The minimum Gasteiger partial charge on any atom is -0.367 e. The molecule has 2 fully saturated rings. The van der Waals surface area contributed by atoms with Gasteiger partial charge in [0, 0.05) is 44.2 Å². The number of nitrogens with one attached hydrogen (secondary N) is 1. The summed E-state index contributed by atoms with van der Waals surface area (Å²) in [5.74, 6) is -3.60. The first-order valence-electron chi connectivity index (χ1n) is 8.05. The molecule has 0 aliphatic carbocycles. The van der Waals surface area contributed by atoms with E-state index in [1.807, 2.05) is 11.9 Å². The average molecular weight is 402 g/mol. The number of imide groups is 1. The highest BCUT2D eigenvalue weighted by molar-refractivity contribution is 8.18. The van der Waals surface area contributed by atoms with Gasteiger partial charge in [-0.3, -0.25) is 14.9 Å². The third-order valence-electron chi connectivity index (χ3n) is 4.35. The second-order valence-electron chi connectivity index (χ2n) is 6.43. The first-order chi connectivity index (χ1) is 12.1. The minimum atomic E-state index is -3.07. The molecule has 0 aromatic heterocycles. The molecule has 140 valence electrons.